The summed E-state index contributed by atoms with van der Waals surface area (Å²) < 4.78 is 2.05. The summed E-state index contributed by atoms with van der Waals surface area (Å²) in [6.07, 6.45) is 1.51. The number of imidazole rings is 1. The van der Waals surface area contributed by atoms with Crippen LogP contribution in [0.5, 0.6) is 0 Å². The zero-order valence-corrected chi connectivity index (χ0v) is 13.0. The maximum absolute atomic E-state index is 10.0. The molecule has 0 bridgehead atoms. The molecule has 1 unspecified atom stereocenters. The molecule has 23 heavy (non-hydrogen) atoms. The molecule has 1 fully saturated rings. The molecule has 116 valence electrons. The third-order valence-corrected chi connectivity index (χ3v) is 4.59. The number of aliphatic hydroxyl groups excluding tert-OH is 1. The molecule has 1 aliphatic rings. The Kier molecular flexibility index (Phi) is 3.21. The number of aromatic nitrogens is 2. The van der Waals surface area contributed by atoms with Crippen LogP contribution >= 0.6 is 0 Å². The lowest BCUT2D eigenvalue weighted by molar-refractivity contribution is 0.154. The van der Waals surface area contributed by atoms with Crippen molar-refractivity contribution in [2.24, 2.45) is 0 Å². The first kappa shape index (κ1) is 14.0. The number of pyridine rings is 1. The molecule has 1 atom stereocenters. The van der Waals surface area contributed by atoms with Crippen molar-refractivity contribution in [3.8, 4) is 6.07 Å². The number of piperidine rings is 1. The van der Waals surface area contributed by atoms with Crippen LogP contribution in [0, 0.1) is 18.3 Å². The van der Waals surface area contributed by atoms with Gasteiger partial charge in [-0.05, 0) is 43.5 Å². The summed E-state index contributed by atoms with van der Waals surface area (Å²) in [6.45, 7) is 3.47. The zero-order chi connectivity index (χ0) is 16.0. The number of aliphatic hydroxyl groups is 1. The Labute approximate surface area is 134 Å². The molecule has 1 aromatic carbocycles. The van der Waals surface area contributed by atoms with E-state index in [1.807, 2.05) is 37.3 Å². The van der Waals surface area contributed by atoms with Crippen molar-refractivity contribution in [3.05, 3.63) is 41.5 Å². The van der Waals surface area contributed by atoms with E-state index in [0.29, 0.717) is 17.8 Å². The molecule has 0 spiro atoms. The van der Waals surface area contributed by atoms with Crippen LogP contribution in [-0.4, -0.2) is 33.7 Å². The van der Waals surface area contributed by atoms with Crippen LogP contribution in [0.15, 0.2) is 30.3 Å². The number of nitriles is 1. The van der Waals surface area contributed by atoms with Crippen molar-refractivity contribution >= 4 is 22.5 Å². The second-order valence-corrected chi connectivity index (χ2v) is 6.17. The van der Waals surface area contributed by atoms with E-state index < -0.39 is 0 Å². The highest BCUT2D eigenvalue weighted by molar-refractivity contribution is 5.85. The van der Waals surface area contributed by atoms with E-state index in [-0.39, 0.29) is 6.10 Å². The molecule has 5 heteroatoms. The Hall–Kier alpha value is -2.58. The summed E-state index contributed by atoms with van der Waals surface area (Å²) in [5.41, 5.74) is 4.11. The maximum Gasteiger partial charge on any atom is 0.157 e. The molecule has 0 saturated carbocycles. The molecule has 0 amide bonds. The molecule has 2 aromatic heterocycles. The molecule has 1 saturated heterocycles. The largest absolute Gasteiger partial charge is 0.391 e. The summed E-state index contributed by atoms with van der Waals surface area (Å²) >= 11 is 0. The van der Waals surface area contributed by atoms with Gasteiger partial charge >= 0.3 is 0 Å². The predicted molar refractivity (Wildman–Crippen MR) is 89.6 cm³/mol. The molecule has 3 aromatic rings. The Morgan fingerprint density at radius 3 is 2.96 bits per heavy atom. The standard InChI is InChI=1S/C18H18N4O/c1-12-9-17(21-8-4-5-13(23)11-21)22-16-7-3-2-6-15(16)20-18(22)14(12)10-19/h2-3,6-7,9,13,23H,4-5,8,11H2,1H3. The van der Waals surface area contributed by atoms with E-state index in [0.717, 1.165) is 41.8 Å². The first-order chi connectivity index (χ1) is 11.2. The molecule has 3 heterocycles. The van der Waals surface area contributed by atoms with Gasteiger partial charge in [0.2, 0.25) is 0 Å². The maximum atomic E-state index is 10.0. The van der Waals surface area contributed by atoms with Crippen molar-refractivity contribution in [2.75, 3.05) is 18.0 Å². The monoisotopic (exact) mass is 306 g/mol. The zero-order valence-electron chi connectivity index (χ0n) is 13.0. The van der Waals surface area contributed by atoms with Gasteiger partial charge in [0.05, 0.1) is 22.7 Å². The number of aryl methyl sites for hydroxylation is 1. The Balaban J connectivity index is 2.05. The fourth-order valence-electron chi connectivity index (χ4n) is 3.47. The molecule has 5 nitrogen and oxygen atoms in total. The normalized spacial score (nSPS) is 18.5. The first-order valence-electron chi connectivity index (χ1n) is 7.93. The highest BCUT2D eigenvalue weighted by Gasteiger charge is 2.23. The lowest BCUT2D eigenvalue weighted by Gasteiger charge is -2.32. The van der Waals surface area contributed by atoms with Crippen LogP contribution in [-0.2, 0) is 0 Å². The second kappa shape index (κ2) is 5.25. The van der Waals surface area contributed by atoms with Gasteiger partial charge in [-0.1, -0.05) is 12.1 Å². The molecule has 0 aliphatic carbocycles. The lowest BCUT2D eigenvalue weighted by Crippen LogP contribution is -2.39. The minimum absolute atomic E-state index is 0.301. The van der Waals surface area contributed by atoms with Crippen molar-refractivity contribution < 1.29 is 5.11 Å². The Morgan fingerprint density at radius 2 is 2.17 bits per heavy atom. The molecule has 1 N–H and O–H groups in total. The number of hydrogen-bond donors (Lipinski definition) is 1. The fourth-order valence-corrected chi connectivity index (χ4v) is 3.47. The van der Waals surface area contributed by atoms with Crippen LogP contribution in [0.3, 0.4) is 0 Å². The van der Waals surface area contributed by atoms with Crippen LogP contribution < -0.4 is 4.90 Å². The number of β-amino-alcohol motifs (C(OH)–C–C–N with tert-alkyl or cyclic N) is 1. The smallest absolute Gasteiger partial charge is 0.157 e. The van der Waals surface area contributed by atoms with E-state index in [1.165, 1.54) is 0 Å². The second-order valence-electron chi connectivity index (χ2n) is 6.17. The van der Waals surface area contributed by atoms with Crippen LogP contribution in [0.4, 0.5) is 5.82 Å². The number of hydrogen-bond acceptors (Lipinski definition) is 4. The van der Waals surface area contributed by atoms with Gasteiger partial charge in [-0.15, -0.1) is 0 Å². The minimum atomic E-state index is -0.301. The number of benzene rings is 1. The van der Waals surface area contributed by atoms with Crippen LogP contribution in [0.25, 0.3) is 16.7 Å². The lowest BCUT2D eigenvalue weighted by atomic mass is 10.1. The Morgan fingerprint density at radius 1 is 1.35 bits per heavy atom. The van der Waals surface area contributed by atoms with E-state index in [4.69, 9.17) is 0 Å². The quantitative estimate of drug-likeness (QED) is 0.750. The molecule has 4 rings (SSSR count). The Bertz CT molecular complexity index is 937. The first-order valence-corrected chi connectivity index (χ1v) is 7.93. The highest BCUT2D eigenvalue weighted by atomic mass is 16.3. The highest BCUT2D eigenvalue weighted by Crippen LogP contribution is 2.30. The van der Waals surface area contributed by atoms with Crippen molar-refractivity contribution in [1.29, 1.82) is 5.26 Å². The summed E-state index contributed by atoms with van der Waals surface area (Å²) in [7, 11) is 0. The van der Waals surface area contributed by atoms with Crippen molar-refractivity contribution in [1.82, 2.24) is 9.38 Å². The summed E-state index contributed by atoms with van der Waals surface area (Å²) in [4.78, 5) is 6.87. The SMILES string of the molecule is Cc1cc(N2CCCC(O)C2)n2c(nc3ccccc32)c1C#N. The van der Waals surface area contributed by atoms with Gasteiger partial charge in [0, 0.05) is 13.1 Å². The minimum Gasteiger partial charge on any atom is -0.391 e. The predicted octanol–water partition coefficient (Wildman–Crippen LogP) is 2.63. The van der Waals surface area contributed by atoms with Gasteiger partial charge in [-0.25, -0.2) is 4.98 Å². The van der Waals surface area contributed by atoms with E-state index in [9.17, 15) is 10.4 Å². The topological polar surface area (TPSA) is 64.6 Å². The molecular weight excluding hydrogens is 288 g/mol. The number of para-hydroxylation sites is 2. The number of nitrogens with zero attached hydrogens (tertiary/aromatic N) is 4. The van der Waals surface area contributed by atoms with Crippen LogP contribution in [0.2, 0.25) is 0 Å². The number of anilines is 1. The van der Waals surface area contributed by atoms with Crippen LogP contribution in [0.1, 0.15) is 24.0 Å². The van der Waals surface area contributed by atoms with E-state index >= 15 is 0 Å². The fraction of sp³-hybridized carbons (Fsp3) is 0.333. The van der Waals surface area contributed by atoms with Crippen molar-refractivity contribution in [3.63, 3.8) is 0 Å². The average Bonchev–Trinajstić information content (AvgIpc) is 2.93. The summed E-state index contributed by atoms with van der Waals surface area (Å²) in [5, 5.41) is 19.6. The third kappa shape index (κ3) is 2.14. The van der Waals surface area contributed by atoms with Gasteiger partial charge in [0.1, 0.15) is 11.9 Å². The van der Waals surface area contributed by atoms with Crippen molar-refractivity contribution in [2.45, 2.75) is 25.9 Å². The molecular formula is C18H18N4O. The van der Waals surface area contributed by atoms with Gasteiger partial charge in [-0.3, -0.25) is 4.40 Å². The summed E-state index contributed by atoms with van der Waals surface area (Å²) in [6, 6.07) is 12.3. The van der Waals surface area contributed by atoms with Gasteiger partial charge in [0.25, 0.3) is 0 Å². The molecule has 1 aliphatic heterocycles. The van der Waals surface area contributed by atoms with E-state index in [2.05, 4.69) is 20.4 Å². The average molecular weight is 306 g/mol. The van der Waals surface area contributed by atoms with E-state index in [1.54, 1.807) is 0 Å². The van der Waals surface area contributed by atoms with Gasteiger partial charge in [-0.2, -0.15) is 5.26 Å². The van der Waals surface area contributed by atoms with Gasteiger partial charge in [0.15, 0.2) is 5.65 Å². The third-order valence-electron chi connectivity index (χ3n) is 4.59. The molecule has 0 radical (unpaired) electrons. The number of fused-ring (bicyclic) bond motifs is 3. The number of rotatable bonds is 1. The van der Waals surface area contributed by atoms with Gasteiger partial charge < -0.3 is 10.0 Å². The summed E-state index contributed by atoms with van der Waals surface area (Å²) in [5.74, 6) is 1.00.